The zero-order chi connectivity index (χ0) is 20.4. The van der Waals surface area contributed by atoms with Gasteiger partial charge < -0.3 is 14.4 Å². The normalized spacial score (nSPS) is 22.6. The number of cyclic esters (lactones) is 1. The molecule has 0 saturated carbocycles. The molecule has 2 saturated heterocycles. The number of likely N-dealkylation sites (tertiary alicyclic amines) is 1. The summed E-state index contributed by atoms with van der Waals surface area (Å²) in [4.78, 5) is 29.9. The number of benzene rings is 1. The molecule has 0 N–H and O–H groups in total. The second-order valence-corrected chi connectivity index (χ2v) is 8.35. The van der Waals surface area contributed by atoms with Gasteiger partial charge in [0.1, 0.15) is 16.7 Å². The van der Waals surface area contributed by atoms with Crippen molar-refractivity contribution in [1.82, 2.24) is 9.80 Å². The Morgan fingerprint density at radius 1 is 1.21 bits per heavy atom. The zero-order valence-electron chi connectivity index (χ0n) is 16.7. The minimum Gasteiger partial charge on any atom is -0.492 e. The average Bonchev–Trinajstić information content (AvgIpc) is 3.32. The van der Waals surface area contributed by atoms with Crippen molar-refractivity contribution in [3.05, 3.63) is 52.2 Å². The molecule has 1 aromatic heterocycles. The molecule has 2 amide bonds. The number of piperidine rings is 1. The molecule has 6 nitrogen and oxygen atoms in total. The van der Waals surface area contributed by atoms with E-state index in [-0.39, 0.29) is 30.2 Å². The number of hydrogen-bond donors (Lipinski definition) is 0. The second-order valence-electron chi connectivity index (χ2n) is 7.43. The third kappa shape index (κ3) is 3.83. The largest absolute Gasteiger partial charge is 0.492 e. The highest BCUT2D eigenvalue weighted by atomic mass is 32.1. The monoisotopic (exact) mass is 414 g/mol. The summed E-state index contributed by atoms with van der Waals surface area (Å²) in [5.41, 5.74) is 1.02. The van der Waals surface area contributed by atoms with Crippen LogP contribution in [0.15, 0.2) is 41.8 Å². The van der Waals surface area contributed by atoms with E-state index in [0.717, 1.165) is 18.4 Å². The summed E-state index contributed by atoms with van der Waals surface area (Å²) >= 11 is 1.42. The molecule has 2 atom stereocenters. The first-order chi connectivity index (χ1) is 14.1. The summed E-state index contributed by atoms with van der Waals surface area (Å²) in [5, 5.41) is 1.89. The third-order valence-electron chi connectivity index (χ3n) is 5.71. The molecular formula is C22H26N2O4S. The number of hydrogen-bond acceptors (Lipinski definition) is 5. The van der Waals surface area contributed by atoms with Crippen LogP contribution in [0.4, 0.5) is 4.79 Å². The van der Waals surface area contributed by atoms with Crippen LogP contribution in [-0.4, -0.2) is 53.6 Å². The molecule has 2 aromatic rings. The molecule has 0 radical (unpaired) electrons. The van der Waals surface area contributed by atoms with E-state index in [1.807, 2.05) is 65.4 Å². The molecule has 3 heterocycles. The van der Waals surface area contributed by atoms with Crippen LogP contribution in [0.3, 0.4) is 0 Å². The van der Waals surface area contributed by atoms with E-state index in [2.05, 4.69) is 0 Å². The van der Waals surface area contributed by atoms with Gasteiger partial charge in [0.2, 0.25) is 0 Å². The van der Waals surface area contributed by atoms with Crippen molar-refractivity contribution in [2.45, 2.75) is 44.9 Å². The Bertz CT molecular complexity index is 861. The SMILES string of the molecule is CCOc1ccsc1C(=O)N1CCC(N2C(=O)OC(c3ccccc3)C2C)CC1. The van der Waals surface area contributed by atoms with Crippen LogP contribution in [0.1, 0.15) is 48.0 Å². The summed E-state index contributed by atoms with van der Waals surface area (Å²) in [6, 6.07) is 11.8. The Balaban J connectivity index is 1.40. The molecule has 0 aliphatic carbocycles. The lowest BCUT2D eigenvalue weighted by Gasteiger charge is -2.37. The Morgan fingerprint density at radius 2 is 1.93 bits per heavy atom. The van der Waals surface area contributed by atoms with Gasteiger partial charge in [-0.3, -0.25) is 9.69 Å². The van der Waals surface area contributed by atoms with Gasteiger partial charge in [-0.05, 0) is 43.7 Å². The van der Waals surface area contributed by atoms with E-state index in [4.69, 9.17) is 9.47 Å². The van der Waals surface area contributed by atoms with E-state index in [1.165, 1.54) is 11.3 Å². The first-order valence-corrected chi connectivity index (χ1v) is 11.0. The Kier molecular flexibility index (Phi) is 5.76. The van der Waals surface area contributed by atoms with Gasteiger partial charge in [-0.25, -0.2) is 4.79 Å². The summed E-state index contributed by atoms with van der Waals surface area (Å²) < 4.78 is 11.3. The highest BCUT2D eigenvalue weighted by molar-refractivity contribution is 7.12. The quantitative estimate of drug-likeness (QED) is 0.731. The molecule has 2 aliphatic rings. The van der Waals surface area contributed by atoms with Crippen molar-refractivity contribution in [2.24, 2.45) is 0 Å². The first-order valence-electron chi connectivity index (χ1n) is 10.1. The molecule has 2 unspecified atom stereocenters. The number of ether oxygens (including phenoxy) is 2. The number of carbonyl (C=O) groups excluding carboxylic acids is 2. The molecule has 0 spiro atoms. The molecule has 0 bridgehead atoms. The van der Waals surface area contributed by atoms with Crippen molar-refractivity contribution in [2.75, 3.05) is 19.7 Å². The van der Waals surface area contributed by atoms with Crippen LogP contribution in [-0.2, 0) is 4.74 Å². The van der Waals surface area contributed by atoms with Crippen LogP contribution in [0.25, 0.3) is 0 Å². The minimum absolute atomic E-state index is 0.0149. The molecule has 4 rings (SSSR count). The molecule has 29 heavy (non-hydrogen) atoms. The molecule has 1 aromatic carbocycles. The van der Waals surface area contributed by atoms with E-state index in [1.54, 1.807) is 0 Å². The second kappa shape index (κ2) is 8.45. The smallest absolute Gasteiger partial charge is 0.411 e. The van der Waals surface area contributed by atoms with Crippen molar-refractivity contribution in [3.63, 3.8) is 0 Å². The lowest BCUT2D eigenvalue weighted by Crippen LogP contribution is -2.49. The van der Waals surface area contributed by atoms with Crippen molar-refractivity contribution in [1.29, 1.82) is 0 Å². The Morgan fingerprint density at radius 3 is 2.62 bits per heavy atom. The van der Waals surface area contributed by atoms with Gasteiger partial charge in [-0.2, -0.15) is 0 Å². The topological polar surface area (TPSA) is 59.1 Å². The molecule has 7 heteroatoms. The maximum absolute atomic E-state index is 12.9. The first kappa shape index (κ1) is 19.8. The minimum atomic E-state index is -0.256. The highest BCUT2D eigenvalue weighted by Gasteiger charge is 2.44. The van der Waals surface area contributed by atoms with E-state index in [0.29, 0.717) is 30.3 Å². The lowest BCUT2D eigenvalue weighted by atomic mass is 9.98. The van der Waals surface area contributed by atoms with Gasteiger partial charge in [0.25, 0.3) is 5.91 Å². The standard InChI is InChI=1S/C22H26N2O4S/c1-3-27-18-11-14-29-20(18)21(25)23-12-9-17(10-13-23)24-15(2)19(28-22(24)26)16-7-5-4-6-8-16/h4-8,11,14-15,17,19H,3,9-10,12-13H2,1-2H3. The lowest BCUT2D eigenvalue weighted by molar-refractivity contribution is 0.0642. The van der Waals surface area contributed by atoms with Crippen molar-refractivity contribution in [3.8, 4) is 5.75 Å². The summed E-state index contributed by atoms with van der Waals surface area (Å²) in [7, 11) is 0. The van der Waals surface area contributed by atoms with Gasteiger partial charge in [0.15, 0.2) is 0 Å². The summed E-state index contributed by atoms with van der Waals surface area (Å²) in [6.07, 6.45) is 1.00. The van der Waals surface area contributed by atoms with Crippen LogP contribution < -0.4 is 4.74 Å². The van der Waals surface area contributed by atoms with Gasteiger partial charge in [0.05, 0.1) is 12.6 Å². The fourth-order valence-electron chi connectivity index (χ4n) is 4.26. The van der Waals surface area contributed by atoms with Gasteiger partial charge >= 0.3 is 6.09 Å². The Labute approximate surface area is 175 Å². The van der Waals surface area contributed by atoms with E-state index < -0.39 is 0 Å². The fraction of sp³-hybridized carbons (Fsp3) is 0.455. The van der Waals surface area contributed by atoms with E-state index >= 15 is 0 Å². The Hall–Kier alpha value is -2.54. The zero-order valence-corrected chi connectivity index (χ0v) is 17.6. The van der Waals surface area contributed by atoms with Crippen LogP contribution in [0.5, 0.6) is 5.75 Å². The predicted octanol–water partition coefficient (Wildman–Crippen LogP) is 4.33. The van der Waals surface area contributed by atoms with Crippen LogP contribution in [0, 0.1) is 0 Å². The fourth-order valence-corrected chi connectivity index (χ4v) is 5.07. The van der Waals surface area contributed by atoms with Crippen LogP contribution >= 0.6 is 11.3 Å². The molecule has 2 aliphatic heterocycles. The third-order valence-corrected chi connectivity index (χ3v) is 6.60. The van der Waals surface area contributed by atoms with Gasteiger partial charge in [-0.1, -0.05) is 30.3 Å². The number of amides is 2. The molecule has 154 valence electrons. The summed E-state index contributed by atoms with van der Waals surface area (Å²) in [6.45, 7) is 5.74. The molecular weight excluding hydrogens is 388 g/mol. The molecule has 2 fully saturated rings. The number of thiophene rings is 1. The van der Waals surface area contributed by atoms with Crippen LogP contribution in [0.2, 0.25) is 0 Å². The number of rotatable bonds is 5. The maximum atomic E-state index is 12.9. The maximum Gasteiger partial charge on any atom is 0.411 e. The van der Waals surface area contributed by atoms with Gasteiger partial charge in [-0.15, -0.1) is 11.3 Å². The van der Waals surface area contributed by atoms with Crippen molar-refractivity contribution >= 4 is 23.3 Å². The number of nitrogens with zero attached hydrogens (tertiary/aromatic N) is 2. The predicted molar refractivity (Wildman–Crippen MR) is 111 cm³/mol. The van der Waals surface area contributed by atoms with Crippen molar-refractivity contribution < 1.29 is 19.1 Å². The average molecular weight is 415 g/mol. The van der Waals surface area contributed by atoms with E-state index in [9.17, 15) is 9.59 Å². The summed E-state index contributed by atoms with van der Waals surface area (Å²) in [5.74, 6) is 0.674. The highest BCUT2D eigenvalue weighted by Crippen LogP contribution is 2.36. The van der Waals surface area contributed by atoms with Gasteiger partial charge in [0, 0.05) is 19.1 Å². The number of carbonyl (C=O) groups is 2.